The first-order chi connectivity index (χ1) is 7.96. The summed E-state index contributed by atoms with van der Waals surface area (Å²) < 4.78 is 23.9. The molecular weight excluding hydrogens is 281 g/mol. The van der Waals surface area contributed by atoms with Crippen LogP contribution >= 0.6 is 23.2 Å². The van der Waals surface area contributed by atoms with E-state index in [1.807, 2.05) is 0 Å². The molecule has 0 amide bonds. The summed E-state index contributed by atoms with van der Waals surface area (Å²) in [6.45, 7) is 1.56. The number of halogens is 2. The number of sulfone groups is 1. The Morgan fingerprint density at radius 1 is 1.29 bits per heavy atom. The van der Waals surface area contributed by atoms with Crippen LogP contribution in [0.2, 0.25) is 10.0 Å². The molecule has 1 aromatic rings. The molecule has 0 radical (unpaired) electrons. The summed E-state index contributed by atoms with van der Waals surface area (Å²) >= 11 is 11.8. The van der Waals surface area contributed by atoms with Crippen molar-refractivity contribution in [3.05, 3.63) is 33.8 Å². The van der Waals surface area contributed by atoms with Crippen molar-refractivity contribution in [2.24, 2.45) is 5.92 Å². The molecule has 1 aliphatic heterocycles. The molecule has 17 heavy (non-hydrogen) atoms. The molecular formula is C11H13Cl2NO2S. The second kappa shape index (κ2) is 5.14. The predicted octanol–water partition coefficient (Wildman–Crippen LogP) is 2.13. The van der Waals surface area contributed by atoms with Gasteiger partial charge in [0.25, 0.3) is 0 Å². The Morgan fingerprint density at radius 2 is 2.00 bits per heavy atom. The van der Waals surface area contributed by atoms with Crippen LogP contribution in [0, 0.1) is 5.92 Å². The number of nitrogens with one attached hydrogen (secondary N) is 1. The maximum atomic E-state index is 11.9. The van der Waals surface area contributed by atoms with Crippen molar-refractivity contribution in [1.82, 2.24) is 5.32 Å². The van der Waals surface area contributed by atoms with Gasteiger partial charge in [0.05, 0.1) is 11.5 Å². The van der Waals surface area contributed by atoms with E-state index in [1.54, 1.807) is 18.2 Å². The van der Waals surface area contributed by atoms with Crippen molar-refractivity contribution in [1.29, 1.82) is 0 Å². The van der Waals surface area contributed by atoms with Crippen LogP contribution in [-0.4, -0.2) is 27.3 Å². The average molecular weight is 294 g/mol. The SMILES string of the molecule is O=S(=O)(Cc1cc(Cl)ccc1Cl)CC1CNC1. The van der Waals surface area contributed by atoms with Gasteiger partial charge in [-0.1, -0.05) is 23.2 Å². The van der Waals surface area contributed by atoms with Crippen LogP contribution in [0.3, 0.4) is 0 Å². The topological polar surface area (TPSA) is 46.2 Å². The Morgan fingerprint density at radius 3 is 2.59 bits per heavy atom. The molecule has 0 bridgehead atoms. The van der Waals surface area contributed by atoms with E-state index in [1.165, 1.54) is 0 Å². The van der Waals surface area contributed by atoms with Crippen molar-refractivity contribution in [3.63, 3.8) is 0 Å². The minimum absolute atomic E-state index is 0.0388. The van der Waals surface area contributed by atoms with Crippen molar-refractivity contribution >= 4 is 33.0 Å². The fraction of sp³-hybridized carbons (Fsp3) is 0.455. The van der Waals surface area contributed by atoms with E-state index in [-0.39, 0.29) is 17.4 Å². The molecule has 6 heteroatoms. The van der Waals surface area contributed by atoms with Gasteiger partial charge < -0.3 is 5.32 Å². The standard InChI is InChI=1S/C11H13Cl2NO2S/c12-10-1-2-11(13)9(3-10)7-17(15,16)6-8-4-14-5-8/h1-3,8,14H,4-7H2. The van der Waals surface area contributed by atoms with Crippen molar-refractivity contribution < 1.29 is 8.42 Å². The fourth-order valence-corrected chi connectivity index (χ4v) is 4.02. The molecule has 0 unspecified atom stereocenters. The van der Waals surface area contributed by atoms with Crippen LogP contribution in [0.5, 0.6) is 0 Å². The molecule has 1 fully saturated rings. The summed E-state index contributed by atoms with van der Waals surface area (Å²) in [4.78, 5) is 0. The lowest BCUT2D eigenvalue weighted by Gasteiger charge is -2.26. The Kier molecular flexibility index (Phi) is 3.98. The first-order valence-electron chi connectivity index (χ1n) is 5.31. The lowest BCUT2D eigenvalue weighted by molar-refractivity contribution is 0.378. The summed E-state index contributed by atoms with van der Waals surface area (Å²) in [6, 6.07) is 4.88. The summed E-state index contributed by atoms with van der Waals surface area (Å²) in [7, 11) is -3.12. The third-order valence-corrected chi connectivity index (χ3v) is 5.07. The van der Waals surface area contributed by atoms with E-state index in [4.69, 9.17) is 23.2 Å². The highest BCUT2D eigenvalue weighted by Gasteiger charge is 2.25. The molecule has 0 saturated carbocycles. The molecule has 0 spiro atoms. The van der Waals surface area contributed by atoms with Crippen LogP contribution in [-0.2, 0) is 15.6 Å². The van der Waals surface area contributed by atoms with Crippen LogP contribution in [0.25, 0.3) is 0 Å². The molecule has 2 rings (SSSR count). The van der Waals surface area contributed by atoms with Gasteiger partial charge in [-0.2, -0.15) is 0 Å². The fourth-order valence-electron chi connectivity index (χ4n) is 1.78. The largest absolute Gasteiger partial charge is 0.316 e. The van der Waals surface area contributed by atoms with E-state index in [2.05, 4.69) is 5.32 Å². The van der Waals surface area contributed by atoms with Crippen LogP contribution < -0.4 is 5.32 Å². The Balaban J connectivity index is 2.10. The number of rotatable bonds is 4. The molecule has 1 saturated heterocycles. The van der Waals surface area contributed by atoms with Gasteiger partial charge in [0, 0.05) is 23.1 Å². The van der Waals surface area contributed by atoms with Gasteiger partial charge in [0.15, 0.2) is 9.84 Å². The predicted molar refractivity (Wildman–Crippen MR) is 70.3 cm³/mol. The van der Waals surface area contributed by atoms with Gasteiger partial charge in [-0.15, -0.1) is 0 Å². The van der Waals surface area contributed by atoms with Gasteiger partial charge in [-0.05, 0) is 29.7 Å². The molecule has 0 atom stereocenters. The van der Waals surface area contributed by atoms with Crippen LogP contribution in [0.1, 0.15) is 5.56 Å². The number of benzene rings is 1. The smallest absolute Gasteiger partial charge is 0.154 e. The van der Waals surface area contributed by atoms with Gasteiger partial charge in [-0.25, -0.2) is 8.42 Å². The summed E-state index contributed by atoms with van der Waals surface area (Å²) in [5.74, 6) is 0.407. The second-order valence-electron chi connectivity index (χ2n) is 4.31. The molecule has 0 aromatic heterocycles. The van der Waals surface area contributed by atoms with Gasteiger partial charge >= 0.3 is 0 Å². The molecule has 0 aliphatic carbocycles. The van der Waals surface area contributed by atoms with E-state index >= 15 is 0 Å². The maximum Gasteiger partial charge on any atom is 0.154 e. The normalized spacial score (nSPS) is 16.8. The minimum atomic E-state index is -3.12. The lowest BCUT2D eigenvalue weighted by Crippen LogP contribution is -2.45. The molecule has 1 heterocycles. The van der Waals surface area contributed by atoms with Crippen molar-refractivity contribution in [3.8, 4) is 0 Å². The number of hydrogen-bond donors (Lipinski definition) is 1. The highest BCUT2D eigenvalue weighted by Crippen LogP contribution is 2.23. The van der Waals surface area contributed by atoms with Gasteiger partial charge in [0.1, 0.15) is 0 Å². The summed E-state index contributed by atoms with van der Waals surface area (Å²) in [5, 5.41) is 4.01. The van der Waals surface area contributed by atoms with Crippen molar-refractivity contribution in [2.45, 2.75) is 5.75 Å². The third-order valence-electron chi connectivity index (χ3n) is 2.74. The zero-order chi connectivity index (χ0) is 12.5. The molecule has 1 aliphatic rings. The first kappa shape index (κ1) is 13.1. The minimum Gasteiger partial charge on any atom is -0.316 e. The average Bonchev–Trinajstić information content (AvgIpc) is 2.18. The van der Waals surface area contributed by atoms with E-state index in [9.17, 15) is 8.42 Å². The Bertz CT molecular complexity index is 512. The zero-order valence-corrected chi connectivity index (χ0v) is 11.4. The first-order valence-corrected chi connectivity index (χ1v) is 7.89. The maximum absolute atomic E-state index is 11.9. The molecule has 1 aromatic carbocycles. The Hall–Kier alpha value is -0.290. The summed E-state index contributed by atoms with van der Waals surface area (Å²) in [6.07, 6.45) is 0. The monoisotopic (exact) mass is 293 g/mol. The second-order valence-corrected chi connectivity index (χ2v) is 7.27. The van der Waals surface area contributed by atoms with Gasteiger partial charge in [-0.3, -0.25) is 0 Å². The molecule has 94 valence electrons. The highest BCUT2D eigenvalue weighted by molar-refractivity contribution is 7.90. The van der Waals surface area contributed by atoms with Gasteiger partial charge in [0.2, 0.25) is 0 Å². The van der Waals surface area contributed by atoms with E-state index < -0.39 is 9.84 Å². The number of hydrogen-bond acceptors (Lipinski definition) is 3. The van der Waals surface area contributed by atoms with Crippen molar-refractivity contribution in [2.75, 3.05) is 18.8 Å². The lowest BCUT2D eigenvalue weighted by atomic mass is 10.1. The zero-order valence-electron chi connectivity index (χ0n) is 9.12. The van der Waals surface area contributed by atoms with E-state index in [0.717, 1.165) is 13.1 Å². The third kappa shape index (κ3) is 3.58. The quantitative estimate of drug-likeness (QED) is 0.925. The van der Waals surface area contributed by atoms with E-state index in [0.29, 0.717) is 15.6 Å². The van der Waals surface area contributed by atoms with Crippen LogP contribution in [0.4, 0.5) is 0 Å². The van der Waals surface area contributed by atoms with Crippen LogP contribution in [0.15, 0.2) is 18.2 Å². The highest BCUT2D eigenvalue weighted by atomic mass is 35.5. The Labute approximate surface area is 111 Å². The summed E-state index contributed by atoms with van der Waals surface area (Å²) in [5.41, 5.74) is 0.575. The molecule has 1 N–H and O–H groups in total. The molecule has 3 nitrogen and oxygen atoms in total.